The van der Waals surface area contributed by atoms with Gasteiger partial charge < -0.3 is 16.4 Å². The first-order valence-corrected chi connectivity index (χ1v) is 7.24. The second-order valence-electron chi connectivity index (χ2n) is 5.89. The summed E-state index contributed by atoms with van der Waals surface area (Å²) in [7, 11) is 0. The summed E-state index contributed by atoms with van der Waals surface area (Å²) in [6.45, 7) is 5.81. The molecule has 0 saturated heterocycles. The standard InChI is InChI=1S/C14H27N3O2/c1-9(2)13(15)14(19)16-8-12(18)17-10(3)11-6-4-5-7-11/h9-11,13H,4-8,15H2,1-3H3,(H,16,19)(H,17,18)/t10?,13-/m0/s1. The van der Waals surface area contributed by atoms with Crippen molar-refractivity contribution in [2.45, 2.75) is 58.5 Å². The van der Waals surface area contributed by atoms with Gasteiger partial charge in [-0.2, -0.15) is 0 Å². The van der Waals surface area contributed by atoms with Crippen LogP contribution in [0.3, 0.4) is 0 Å². The molecule has 2 atom stereocenters. The van der Waals surface area contributed by atoms with Gasteiger partial charge in [0.15, 0.2) is 0 Å². The van der Waals surface area contributed by atoms with E-state index in [1.54, 1.807) is 0 Å². The number of carbonyl (C=O) groups excluding carboxylic acids is 2. The lowest BCUT2D eigenvalue weighted by molar-refractivity contribution is -0.127. The highest BCUT2D eigenvalue weighted by Gasteiger charge is 2.23. The summed E-state index contributed by atoms with van der Waals surface area (Å²) >= 11 is 0. The van der Waals surface area contributed by atoms with Gasteiger partial charge >= 0.3 is 0 Å². The van der Waals surface area contributed by atoms with Crippen molar-refractivity contribution < 1.29 is 9.59 Å². The molecule has 1 unspecified atom stereocenters. The second kappa shape index (κ2) is 7.48. The Kier molecular flexibility index (Phi) is 6.28. The van der Waals surface area contributed by atoms with Gasteiger partial charge in [-0.25, -0.2) is 0 Å². The molecule has 0 radical (unpaired) electrons. The first kappa shape index (κ1) is 16.0. The zero-order valence-corrected chi connectivity index (χ0v) is 12.2. The van der Waals surface area contributed by atoms with Crippen LogP contribution in [0.4, 0.5) is 0 Å². The predicted molar refractivity (Wildman–Crippen MR) is 75.4 cm³/mol. The van der Waals surface area contributed by atoms with Gasteiger partial charge in [0, 0.05) is 6.04 Å². The topological polar surface area (TPSA) is 84.2 Å². The van der Waals surface area contributed by atoms with Crippen molar-refractivity contribution in [2.75, 3.05) is 6.54 Å². The van der Waals surface area contributed by atoms with Crippen LogP contribution in [0, 0.1) is 11.8 Å². The third kappa shape index (κ3) is 5.19. The van der Waals surface area contributed by atoms with Gasteiger partial charge in [-0.1, -0.05) is 26.7 Å². The van der Waals surface area contributed by atoms with Gasteiger partial charge in [0.1, 0.15) is 0 Å². The number of amides is 2. The highest BCUT2D eigenvalue weighted by Crippen LogP contribution is 2.27. The minimum absolute atomic E-state index is 0.0102. The average molecular weight is 269 g/mol. The second-order valence-corrected chi connectivity index (χ2v) is 5.89. The fraction of sp³-hybridized carbons (Fsp3) is 0.857. The van der Waals surface area contributed by atoms with E-state index in [1.807, 2.05) is 20.8 Å². The maximum atomic E-state index is 11.7. The van der Waals surface area contributed by atoms with E-state index in [9.17, 15) is 9.59 Å². The molecule has 1 rings (SSSR count). The largest absolute Gasteiger partial charge is 0.352 e. The van der Waals surface area contributed by atoms with Gasteiger partial charge in [-0.15, -0.1) is 0 Å². The number of rotatable bonds is 6. The van der Waals surface area contributed by atoms with E-state index in [-0.39, 0.29) is 30.3 Å². The van der Waals surface area contributed by atoms with Crippen LogP contribution >= 0.6 is 0 Å². The molecule has 110 valence electrons. The van der Waals surface area contributed by atoms with E-state index in [0.717, 1.165) is 0 Å². The molecule has 4 N–H and O–H groups in total. The average Bonchev–Trinajstić information content (AvgIpc) is 2.88. The van der Waals surface area contributed by atoms with Crippen LogP contribution in [-0.4, -0.2) is 30.4 Å². The maximum absolute atomic E-state index is 11.7. The first-order valence-electron chi connectivity index (χ1n) is 7.24. The molecule has 0 spiro atoms. The minimum Gasteiger partial charge on any atom is -0.352 e. The summed E-state index contributed by atoms with van der Waals surface area (Å²) in [6.07, 6.45) is 4.88. The number of nitrogens with two attached hydrogens (primary N) is 1. The summed E-state index contributed by atoms with van der Waals surface area (Å²) in [4.78, 5) is 23.4. The molecular weight excluding hydrogens is 242 g/mol. The van der Waals surface area contributed by atoms with Crippen molar-refractivity contribution in [1.29, 1.82) is 0 Å². The molecule has 0 bridgehead atoms. The molecule has 0 aliphatic heterocycles. The van der Waals surface area contributed by atoms with Crippen molar-refractivity contribution in [3.8, 4) is 0 Å². The molecule has 1 aliphatic carbocycles. The molecule has 0 aromatic heterocycles. The Morgan fingerprint density at radius 2 is 1.79 bits per heavy atom. The van der Waals surface area contributed by atoms with Crippen molar-refractivity contribution in [3.63, 3.8) is 0 Å². The van der Waals surface area contributed by atoms with Crippen LogP contribution in [0.5, 0.6) is 0 Å². The van der Waals surface area contributed by atoms with E-state index in [4.69, 9.17) is 5.73 Å². The summed E-state index contributed by atoms with van der Waals surface area (Å²) in [5.41, 5.74) is 5.70. The summed E-state index contributed by atoms with van der Waals surface area (Å²) in [6, 6.07) is -0.370. The summed E-state index contributed by atoms with van der Waals surface area (Å²) in [5.74, 6) is 0.250. The lowest BCUT2D eigenvalue weighted by Crippen LogP contribution is -2.48. The minimum atomic E-state index is -0.556. The number of hydrogen-bond acceptors (Lipinski definition) is 3. The molecule has 2 amide bonds. The smallest absolute Gasteiger partial charge is 0.239 e. The normalized spacial score (nSPS) is 19.2. The lowest BCUT2D eigenvalue weighted by atomic mass is 10.00. The van der Waals surface area contributed by atoms with Crippen LogP contribution in [0.2, 0.25) is 0 Å². The third-order valence-electron chi connectivity index (χ3n) is 3.94. The molecule has 0 heterocycles. The molecule has 0 aromatic carbocycles. The van der Waals surface area contributed by atoms with Crippen molar-refractivity contribution in [2.24, 2.45) is 17.6 Å². The molecule has 1 saturated carbocycles. The molecule has 5 heteroatoms. The molecule has 19 heavy (non-hydrogen) atoms. The number of carbonyl (C=O) groups is 2. The Bertz CT molecular complexity index is 312. The van der Waals surface area contributed by atoms with Gasteiger partial charge in [0.25, 0.3) is 0 Å². The van der Waals surface area contributed by atoms with Crippen molar-refractivity contribution >= 4 is 11.8 Å². The van der Waals surface area contributed by atoms with Crippen LogP contribution in [0.1, 0.15) is 46.5 Å². The zero-order chi connectivity index (χ0) is 14.4. The summed E-state index contributed by atoms with van der Waals surface area (Å²) < 4.78 is 0. The number of hydrogen-bond donors (Lipinski definition) is 3. The fourth-order valence-electron chi connectivity index (χ4n) is 2.47. The van der Waals surface area contributed by atoms with Gasteiger partial charge in [0.2, 0.25) is 11.8 Å². The van der Waals surface area contributed by atoms with E-state index >= 15 is 0 Å². The van der Waals surface area contributed by atoms with E-state index < -0.39 is 6.04 Å². The molecule has 1 aliphatic rings. The predicted octanol–water partition coefficient (Wildman–Crippen LogP) is 0.781. The first-order chi connectivity index (χ1) is 8.91. The third-order valence-corrected chi connectivity index (χ3v) is 3.94. The fourth-order valence-corrected chi connectivity index (χ4v) is 2.47. The lowest BCUT2D eigenvalue weighted by Gasteiger charge is -2.21. The highest BCUT2D eigenvalue weighted by molar-refractivity contribution is 5.87. The Morgan fingerprint density at radius 1 is 1.21 bits per heavy atom. The summed E-state index contributed by atoms with van der Waals surface area (Å²) in [5, 5.41) is 5.53. The molecule has 5 nitrogen and oxygen atoms in total. The van der Waals surface area contributed by atoms with Crippen LogP contribution in [-0.2, 0) is 9.59 Å². The number of nitrogens with one attached hydrogen (secondary N) is 2. The van der Waals surface area contributed by atoms with Gasteiger partial charge in [-0.3, -0.25) is 9.59 Å². The Labute approximate surface area is 115 Å². The Balaban J connectivity index is 2.25. The SMILES string of the molecule is CC(NC(=O)CNC(=O)[C@@H](N)C(C)C)C1CCCC1. The van der Waals surface area contributed by atoms with E-state index in [0.29, 0.717) is 5.92 Å². The highest BCUT2D eigenvalue weighted by atomic mass is 16.2. The van der Waals surface area contributed by atoms with Crippen LogP contribution < -0.4 is 16.4 Å². The molecule has 0 aromatic rings. The van der Waals surface area contributed by atoms with Crippen LogP contribution in [0.25, 0.3) is 0 Å². The van der Waals surface area contributed by atoms with Crippen molar-refractivity contribution in [3.05, 3.63) is 0 Å². The van der Waals surface area contributed by atoms with Gasteiger partial charge in [0.05, 0.1) is 12.6 Å². The van der Waals surface area contributed by atoms with Crippen molar-refractivity contribution in [1.82, 2.24) is 10.6 Å². The zero-order valence-electron chi connectivity index (χ0n) is 12.2. The quantitative estimate of drug-likeness (QED) is 0.666. The Hall–Kier alpha value is -1.10. The van der Waals surface area contributed by atoms with Crippen LogP contribution in [0.15, 0.2) is 0 Å². The maximum Gasteiger partial charge on any atom is 0.239 e. The van der Waals surface area contributed by atoms with E-state index in [2.05, 4.69) is 10.6 Å². The van der Waals surface area contributed by atoms with Gasteiger partial charge in [-0.05, 0) is 31.6 Å². The Morgan fingerprint density at radius 3 is 2.32 bits per heavy atom. The molecule has 1 fully saturated rings. The molecular formula is C14H27N3O2. The monoisotopic (exact) mass is 269 g/mol. The van der Waals surface area contributed by atoms with E-state index in [1.165, 1.54) is 25.7 Å².